The van der Waals surface area contributed by atoms with E-state index in [1.165, 1.54) is 0 Å². The Labute approximate surface area is 173 Å². The molecule has 0 saturated carbocycles. The van der Waals surface area contributed by atoms with E-state index in [1.54, 1.807) is 0 Å². The number of piperazine rings is 1. The van der Waals surface area contributed by atoms with Gasteiger partial charge in [0.15, 0.2) is 0 Å². The van der Waals surface area contributed by atoms with Crippen LogP contribution in [0.2, 0.25) is 0 Å². The molecule has 0 atom stereocenters. The predicted molar refractivity (Wildman–Crippen MR) is 95.3 cm³/mol. The first kappa shape index (κ1) is 23.5. The number of hydrogen-bond acceptors (Lipinski definition) is 4. The number of rotatable bonds is 4. The van der Waals surface area contributed by atoms with Crippen LogP contribution in [0, 0.1) is 17.5 Å². The first-order valence-electron chi connectivity index (χ1n) is 8.56. The van der Waals surface area contributed by atoms with E-state index < -0.39 is 85.2 Å². The third-order valence-electron chi connectivity index (χ3n) is 4.59. The number of halogens is 6. The summed E-state index contributed by atoms with van der Waals surface area (Å²) in [5.41, 5.74) is -1.75. The zero-order valence-corrected chi connectivity index (χ0v) is 17.0. The molecule has 0 unspecified atom stereocenters. The highest BCUT2D eigenvalue weighted by atomic mass is 32.2. The molecule has 1 heterocycles. The van der Waals surface area contributed by atoms with Crippen LogP contribution in [0.3, 0.4) is 0 Å². The normalized spacial score (nSPS) is 17.1. The maximum atomic E-state index is 13.9. The van der Waals surface area contributed by atoms with Crippen LogP contribution in [-0.2, 0) is 26.2 Å². The van der Waals surface area contributed by atoms with E-state index in [2.05, 4.69) is 0 Å². The molecule has 2 aromatic carbocycles. The highest BCUT2D eigenvalue weighted by Crippen LogP contribution is 2.33. The maximum absolute atomic E-state index is 13.9. The highest BCUT2D eigenvalue weighted by molar-refractivity contribution is 7.89. The van der Waals surface area contributed by atoms with Gasteiger partial charge in [-0.3, -0.25) is 0 Å². The van der Waals surface area contributed by atoms with E-state index in [0.717, 1.165) is 20.7 Å². The van der Waals surface area contributed by atoms with Gasteiger partial charge in [-0.15, -0.1) is 0 Å². The van der Waals surface area contributed by atoms with Gasteiger partial charge in [0.25, 0.3) is 0 Å². The molecule has 0 spiro atoms. The van der Waals surface area contributed by atoms with Crippen molar-refractivity contribution in [2.24, 2.45) is 0 Å². The van der Waals surface area contributed by atoms with Crippen LogP contribution in [0.4, 0.5) is 26.3 Å². The highest BCUT2D eigenvalue weighted by Gasteiger charge is 2.38. The van der Waals surface area contributed by atoms with E-state index in [1.807, 2.05) is 0 Å². The average Bonchev–Trinajstić information content (AvgIpc) is 2.67. The summed E-state index contributed by atoms with van der Waals surface area (Å²) < 4.78 is 131. The van der Waals surface area contributed by atoms with Gasteiger partial charge >= 0.3 is 6.18 Å². The molecule has 1 saturated heterocycles. The van der Waals surface area contributed by atoms with Gasteiger partial charge in [-0.1, -0.05) is 0 Å². The van der Waals surface area contributed by atoms with Gasteiger partial charge in [0.05, 0.1) is 10.5 Å². The van der Waals surface area contributed by atoms with Crippen molar-refractivity contribution in [3.05, 3.63) is 59.4 Å². The molecule has 0 N–H and O–H groups in total. The maximum Gasteiger partial charge on any atom is 0.419 e. The monoisotopic (exact) mass is 488 g/mol. The molecular weight excluding hydrogens is 474 g/mol. The molecule has 1 aliphatic rings. The van der Waals surface area contributed by atoms with Gasteiger partial charge in [-0.2, -0.15) is 21.8 Å². The molecule has 0 aromatic heterocycles. The molecule has 1 aliphatic heterocycles. The minimum atomic E-state index is -5.11. The molecular formula is C17H14F6N2O4S2. The van der Waals surface area contributed by atoms with E-state index >= 15 is 0 Å². The Kier molecular flexibility index (Phi) is 6.12. The lowest BCUT2D eigenvalue weighted by Gasteiger charge is -2.33. The van der Waals surface area contributed by atoms with Crippen molar-refractivity contribution >= 4 is 20.0 Å². The van der Waals surface area contributed by atoms with E-state index in [0.29, 0.717) is 18.2 Å². The van der Waals surface area contributed by atoms with Crippen molar-refractivity contribution in [3.63, 3.8) is 0 Å². The first-order chi connectivity index (χ1) is 14.2. The topological polar surface area (TPSA) is 74.8 Å². The summed E-state index contributed by atoms with van der Waals surface area (Å²) in [4.78, 5) is -1.60. The Hall–Kier alpha value is -2.16. The lowest BCUT2D eigenvalue weighted by atomic mass is 10.2. The third-order valence-corrected chi connectivity index (χ3v) is 8.42. The molecule has 31 heavy (non-hydrogen) atoms. The average molecular weight is 488 g/mol. The van der Waals surface area contributed by atoms with E-state index in [-0.39, 0.29) is 6.07 Å². The molecule has 0 amide bonds. The summed E-state index contributed by atoms with van der Waals surface area (Å²) in [7, 11) is -8.89. The number of sulfonamides is 2. The number of alkyl halides is 3. The molecule has 170 valence electrons. The molecule has 3 rings (SSSR count). The van der Waals surface area contributed by atoms with Crippen molar-refractivity contribution in [2.45, 2.75) is 16.0 Å². The summed E-state index contributed by atoms with van der Waals surface area (Å²) in [6.07, 6.45) is -5.11. The van der Waals surface area contributed by atoms with E-state index in [4.69, 9.17) is 0 Å². The standard InChI is InChI=1S/C17H14F6N2O4S2/c18-11-1-4-16(15(20)9-11)31(28,29)25-7-5-24(6-8-25)30(26,27)12-2-3-14(19)13(10-12)17(21,22)23/h1-4,9-10H,5-8H2. The minimum Gasteiger partial charge on any atom is -0.207 e. The second kappa shape index (κ2) is 8.07. The predicted octanol–water partition coefficient (Wildman–Crippen LogP) is 2.82. The van der Waals surface area contributed by atoms with Gasteiger partial charge < -0.3 is 0 Å². The van der Waals surface area contributed by atoms with Crippen molar-refractivity contribution < 1.29 is 43.2 Å². The summed E-state index contributed by atoms with van der Waals surface area (Å²) >= 11 is 0. The van der Waals surface area contributed by atoms with Crippen molar-refractivity contribution in [2.75, 3.05) is 26.2 Å². The second-order valence-corrected chi connectivity index (χ2v) is 10.4. The van der Waals surface area contributed by atoms with Crippen LogP contribution in [0.5, 0.6) is 0 Å². The zero-order valence-electron chi connectivity index (χ0n) is 15.4. The number of benzene rings is 2. The van der Waals surface area contributed by atoms with Crippen molar-refractivity contribution in [3.8, 4) is 0 Å². The molecule has 6 nitrogen and oxygen atoms in total. The van der Waals surface area contributed by atoms with Gasteiger partial charge in [0.1, 0.15) is 22.3 Å². The van der Waals surface area contributed by atoms with Crippen LogP contribution in [0.15, 0.2) is 46.2 Å². The SMILES string of the molecule is O=S(=O)(c1ccc(F)c(C(F)(F)F)c1)N1CCN(S(=O)(=O)c2ccc(F)cc2F)CC1. The van der Waals surface area contributed by atoms with Crippen LogP contribution in [0.25, 0.3) is 0 Å². The lowest BCUT2D eigenvalue weighted by Crippen LogP contribution is -2.50. The molecule has 0 radical (unpaired) electrons. The van der Waals surface area contributed by atoms with Crippen molar-refractivity contribution in [1.29, 1.82) is 0 Å². The van der Waals surface area contributed by atoms with Gasteiger partial charge in [0.2, 0.25) is 20.0 Å². The molecule has 0 bridgehead atoms. The fourth-order valence-corrected chi connectivity index (χ4v) is 5.92. The molecule has 14 heteroatoms. The Morgan fingerprint density at radius 2 is 1.26 bits per heavy atom. The summed E-state index contributed by atoms with van der Waals surface area (Å²) in [5.74, 6) is -3.94. The summed E-state index contributed by atoms with van der Waals surface area (Å²) in [6.45, 7) is -1.73. The molecule has 0 aliphatic carbocycles. The molecule has 2 aromatic rings. The van der Waals surface area contributed by atoms with Gasteiger partial charge in [-0.25, -0.2) is 30.0 Å². The fraction of sp³-hybridized carbons (Fsp3) is 0.294. The van der Waals surface area contributed by atoms with Crippen LogP contribution in [-0.4, -0.2) is 51.6 Å². The van der Waals surface area contributed by atoms with Crippen molar-refractivity contribution in [1.82, 2.24) is 8.61 Å². The Morgan fingerprint density at radius 1 is 0.710 bits per heavy atom. The first-order valence-corrected chi connectivity index (χ1v) is 11.4. The third kappa shape index (κ3) is 4.56. The Morgan fingerprint density at radius 3 is 1.77 bits per heavy atom. The Balaban J connectivity index is 1.82. The van der Waals surface area contributed by atoms with Gasteiger partial charge in [0, 0.05) is 32.2 Å². The summed E-state index contributed by atoms with van der Waals surface area (Å²) in [5, 5.41) is 0. The van der Waals surface area contributed by atoms with Crippen LogP contribution < -0.4 is 0 Å². The largest absolute Gasteiger partial charge is 0.419 e. The quantitative estimate of drug-likeness (QED) is 0.621. The fourth-order valence-electron chi connectivity index (χ4n) is 3.01. The number of hydrogen-bond donors (Lipinski definition) is 0. The van der Waals surface area contributed by atoms with Gasteiger partial charge in [-0.05, 0) is 30.3 Å². The van der Waals surface area contributed by atoms with Crippen LogP contribution in [0.1, 0.15) is 5.56 Å². The number of nitrogens with zero attached hydrogens (tertiary/aromatic N) is 2. The van der Waals surface area contributed by atoms with E-state index in [9.17, 15) is 43.2 Å². The lowest BCUT2D eigenvalue weighted by molar-refractivity contribution is -0.140. The zero-order chi connectivity index (χ0) is 23.2. The smallest absolute Gasteiger partial charge is 0.207 e. The summed E-state index contributed by atoms with van der Waals surface area (Å²) in [6, 6.07) is 3.11. The minimum absolute atomic E-state index is 0.168. The second-order valence-electron chi connectivity index (χ2n) is 6.52. The molecule has 1 fully saturated rings. The Bertz CT molecular complexity index is 1210. The van der Waals surface area contributed by atoms with Crippen LogP contribution >= 0.6 is 0 Å².